The van der Waals surface area contributed by atoms with Crippen LogP contribution in [0.2, 0.25) is 0 Å². The van der Waals surface area contributed by atoms with Crippen LogP contribution in [0.5, 0.6) is 0 Å². The molecule has 1 aliphatic heterocycles. The molecule has 31 heavy (non-hydrogen) atoms. The van der Waals surface area contributed by atoms with E-state index in [1.54, 1.807) is 0 Å². The number of benzene rings is 3. The molecular weight excluding hydrogens is 498 g/mol. The highest BCUT2D eigenvalue weighted by Gasteiger charge is 2.45. The molecule has 0 N–H and O–H groups in total. The summed E-state index contributed by atoms with van der Waals surface area (Å²) in [6.45, 7) is 4.30. The van der Waals surface area contributed by atoms with E-state index >= 15 is 0 Å². The molecular formula is C28H26FIO. The van der Waals surface area contributed by atoms with Crippen LogP contribution < -0.4 is 0 Å². The zero-order valence-corrected chi connectivity index (χ0v) is 20.0. The molecule has 3 aromatic rings. The van der Waals surface area contributed by atoms with Crippen LogP contribution in [0, 0.1) is 5.82 Å². The average molecular weight is 524 g/mol. The third kappa shape index (κ3) is 4.33. The average Bonchev–Trinajstić information content (AvgIpc) is 3.13. The summed E-state index contributed by atoms with van der Waals surface area (Å²) >= 11 is 2.44. The summed E-state index contributed by atoms with van der Waals surface area (Å²) in [4.78, 5) is 0. The highest BCUT2D eigenvalue weighted by atomic mass is 127. The van der Waals surface area contributed by atoms with Crippen LogP contribution in [0.1, 0.15) is 49.8 Å². The molecule has 1 atom stereocenters. The molecule has 1 nitrogen and oxygen atoms in total. The Balaban J connectivity index is 2.03. The zero-order chi connectivity index (χ0) is 21.8. The van der Waals surface area contributed by atoms with E-state index in [0.717, 1.165) is 52.9 Å². The molecule has 3 aromatic carbocycles. The maximum absolute atomic E-state index is 13.7. The normalized spacial score (nSPS) is 20.0. The number of halogens is 2. The van der Waals surface area contributed by atoms with Crippen LogP contribution in [0.15, 0.2) is 94.3 Å². The molecule has 0 radical (unpaired) electrons. The van der Waals surface area contributed by atoms with Crippen molar-refractivity contribution in [3.8, 4) is 0 Å². The minimum absolute atomic E-state index is 0.243. The Hall–Kier alpha value is -2.40. The van der Waals surface area contributed by atoms with E-state index in [4.69, 9.17) is 4.74 Å². The highest BCUT2D eigenvalue weighted by Crippen LogP contribution is 2.55. The Morgan fingerprint density at radius 1 is 0.871 bits per heavy atom. The van der Waals surface area contributed by atoms with Crippen LogP contribution in [0.4, 0.5) is 4.39 Å². The Kier molecular flexibility index (Phi) is 6.61. The predicted octanol–water partition coefficient (Wildman–Crippen LogP) is 8.52. The monoisotopic (exact) mass is 524 g/mol. The van der Waals surface area contributed by atoms with Gasteiger partial charge in [0.05, 0.1) is 0 Å². The van der Waals surface area contributed by atoms with Crippen molar-refractivity contribution in [2.75, 3.05) is 0 Å². The molecule has 0 saturated heterocycles. The van der Waals surface area contributed by atoms with E-state index in [-0.39, 0.29) is 5.82 Å². The summed E-state index contributed by atoms with van der Waals surface area (Å²) in [7, 11) is 0. The minimum Gasteiger partial charge on any atom is -0.477 e. The molecule has 1 heterocycles. The molecule has 0 spiro atoms. The molecule has 0 aliphatic carbocycles. The van der Waals surface area contributed by atoms with Gasteiger partial charge in [0.2, 0.25) is 0 Å². The fourth-order valence-corrected chi connectivity index (χ4v) is 4.93. The second-order valence-corrected chi connectivity index (χ2v) is 9.26. The maximum atomic E-state index is 13.7. The first kappa shape index (κ1) is 21.8. The van der Waals surface area contributed by atoms with E-state index in [0.29, 0.717) is 0 Å². The van der Waals surface area contributed by atoms with Crippen LogP contribution in [0.3, 0.4) is 0 Å². The van der Waals surface area contributed by atoms with Crippen molar-refractivity contribution in [3.05, 3.63) is 117 Å². The second-order valence-electron chi connectivity index (χ2n) is 7.96. The van der Waals surface area contributed by atoms with Crippen molar-refractivity contribution < 1.29 is 9.13 Å². The first-order chi connectivity index (χ1) is 15.0. The van der Waals surface area contributed by atoms with Crippen molar-refractivity contribution in [1.29, 1.82) is 0 Å². The summed E-state index contributed by atoms with van der Waals surface area (Å²) in [6.07, 6.45) is 3.22. The van der Waals surface area contributed by atoms with Gasteiger partial charge in [-0.3, -0.25) is 0 Å². The van der Waals surface area contributed by atoms with Crippen LogP contribution in [-0.4, -0.2) is 0 Å². The standard InChI is InChI=1S/C28H26FIO/c1-3-4-15-24(30)27-25(20-11-7-5-8-12-20)26(21-13-9-6-10-14-21)28(2,31-27)22-16-18-23(29)19-17-22/h5-14,16-19H,3-4,15H2,1-2H3/b27-24-. The predicted molar refractivity (Wildman–Crippen MR) is 135 cm³/mol. The van der Waals surface area contributed by atoms with E-state index in [9.17, 15) is 4.39 Å². The van der Waals surface area contributed by atoms with E-state index < -0.39 is 5.60 Å². The molecule has 0 amide bonds. The maximum Gasteiger partial charge on any atom is 0.158 e. The summed E-state index contributed by atoms with van der Waals surface area (Å²) in [5.74, 6) is 0.693. The lowest BCUT2D eigenvalue weighted by atomic mass is 9.81. The van der Waals surface area contributed by atoms with Gasteiger partial charge in [0.25, 0.3) is 0 Å². The van der Waals surface area contributed by atoms with Crippen LogP contribution >= 0.6 is 22.6 Å². The van der Waals surface area contributed by atoms with E-state index in [2.05, 4.69) is 85.0 Å². The van der Waals surface area contributed by atoms with Gasteiger partial charge in [0, 0.05) is 14.7 Å². The number of rotatable bonds is 6. The van der Waals surface area contributed by atoms with Crippen molar-refractivity contribution in [1.82, 2.24) is 0 Å². The molecule has 0 bridgehead atoms. The van der Waals surface area contributed by atoms with Gasteiger partial charge >= 0.3 is 0 Å². The third-order valence-electron chi connectivity index (χ3n) is 5.78. The summed E-state index contributed by atoms with van der Waals surface area (Å²) in [6, 6.07) is 27.5. The smallest absolute Gasteiger partial charge is 0.158 e. The summed E-state index contributed by atoms with van der Waals surface area (Å²) in [5, 5.41) is 0. The van der Waals surface area contributed by atoms with Crippen molar-refractivity contribution in [3.63, 3.8) is 0 Å². The van der Waals surface area contributed by atoms with Gasteiger partial charge in [-0.25, -0.2) is 4.39 Å². The third-order valence-corrected chi connectivity index (χ3v) is 6.81. The largest absolute Gasteiger partial charge is 0.477 e. The fourth-order valence-electron chi connectivity index (χ4n) is 4.17. The number of unbranched alkanes of at least 4 members (excludes halogenated alkanes) is 1. The van der Waals surface area contributed by atoms with Crippen LogP contribution in [-0.2, 0) is 10.3 Å². The molecule has 1 aliphatic rings. The van der Waals surface area contributed by atoms with Gasteiger partial charge in [-0.15, -0.1) is 0 Å². The van der Waals surface area contributed by atoms with Crippen molar-refractivity contribution in [2.45, 2.75) is 38.7 Å². The molecule has 0 aromatic heterocycles. The molecule has 4 rings (SSSR count). The Morgan fingerprint density at radius 3 is 2.03 bits per heavy atom. The van der Waals surface area contributed by atoms with E-state index in [1.807, 2.05) is 24.3 Å². The summed E-state index contributed by atoms with van der Waals surface area (Å²) in [5.41, 5.74) is 4.70. The molecule has 1 unspecified atom stereocenters. The molecule has 3 heteroatoms. The zero-order valence-electron chi connectivity index (χ0n) is 17.9. The number of hydrogen-bond acceptors (Lipinski definition) is 1. The van der Waals surface area contributed by atoms with Gasteiger partial charge in [-0.05, 0) is 71.2 Å². The quantitative estimate of drug-likeness (QED) is 0.294. The van der Waals surface area contributed by atoms with Crippen molar-refractivity contribution >= 4 is 33.7 Å². The lowest BCUT2D eigenvalue weighted by molar-refractivity contribution is 0.0911. The van der Waals surface area contributed by atoms with Gasteiger partial charge in [0.1, 0.15) is 11.6 Å². The van der Waals surface area contributed by atoms with E-state index in [1.165, 1.54) is 15.7 Å². The lowest BCUT2D eigenvalue weighted by Gasteiger charge is -2.29. The highest BCUT2D eigenvalue weighted by molar-refractivity contribution is 14.1. The number of allylic oxidation sites excluding steroid dienone is 2. The Labute approximate surface area is 197 Å². The number of hydrogen-bond donors (Lipinski definition) is 0. The first-order valence-electron chi connectivity index (χ1n) is 10.7. The number of ether oxygens (including phenoxy) is 1. The summed E-state index contributed by atoms with van der Waals surface area (Å²) < 4.78 is 21.8. The first-order valence-corrected chi connectivity index (χ1v) is 11.8. The van der Waals surface area contributed by atoms with Crippen molar-refractivity contribution in [2.24, 2.45) is 0 Å². The Bertz CT molecular complexity index is 1100. The van der Waals surface area contributed by atoms with Crippen LogP contribution in [0.25, 0.3) is 11.1 Å². The second kappa shape index (κ2) is 9.39. The molecule has 158 valence electrons. The SMILES string of the molecule is CCCC/C(I)=C1/OC(C)(c2ccc(F)cc2)C(c2ccccc2)=C1c1ccccc1. The molecule has 0 saturated carbocycles. The van der Waals surface area contributed by atoms with Gasteiger partial charge in [0.15, 0.2) is 5.60 Å². The lowest BCUT2D eigenvalue weighted by Crippen LogP contribution is -2.23. The van der Waals surface area contributed by atoms with Gasteiger partial charge in [-0.2, -0.15) is 0 Å². The Morgan fingerprint density at radius 2 is 1.45 bits per heavy atom. The topological polar surface area (TPSA) is 9.23 Å². The van der Waals surface area contributed by atoms with Gasteiger partial charge in [-0.1, -0.05) is 86.1 Å². The fraction of sp³-hybridized carbons (Fsp3) is 0.214. The molecule has 0 fully saturated rings. The minimum atomic E-state index is -0.724. The van der Waals surface area contributed by atoms with Gasteiger partial charge < -0.3 is 4.74 Å².